The minimum atomic E-state index is -0.484. The molecule has 4 aromatic rings. The number of halogens is 1. The van der Waals surface area contributed by atoms with Gasteiger partial charge in [-0.1, -0.05) is 0 Å². The maximum atomic E-state index is 12.4. The highest BCUT2D eigenvalue weighted by Gasteiger charge is 2.11. The summed E-state index contributed by atoms with van der Waals surface area (Å²) in [5.41, 5.74) is 3.86. The number of pyridine rings is 1. The second-order valence-electron chi connectivity index (χ2n) is 6.62. The van der Waals surface area contributed by atoms with E-state index in [1.165, 1.54) is 10.5 Å². The molecule has 3 aromatic heterocycles. The molecular formula is C21H17BrN4O3. The van der Waals surface area contributed by atoms with Crippen molar-refractivity contribution in [2.75, 3.05) is 0 Å². The van der Waals surface area contributed by atoms with E-state index < -0.39 is 5.97 Å². The fourth-order valence-electron chi connectivity index (χ4n) is 3.05. The van der Waals surface area contributed by atoms with Crippen LogP contribution in [0.1, 0.15) is 27.4 Å². The monoisotopic (exact) mass is 452 g/mol. The number of aromatic nitrogens is 4. The SMILES string of the molecule is Cc1cc(C)n(-c2ccc(C(=O)OCc3cc(=O)n4cc(Br)ccc4n3)cc2)n1. The molecule has 0 fully saturated rings. The third-order valence-electron chi connectivity index (χ3n) is 4.38. The predicted octanol–water partition coefficient (Wildman–Crippen LogP) is 3.62. The summed E-state index contributed by atoms with van der Waals surface area (Å²) in [6, 6.07) is 13.9. The standard InChI is InChI=1S/C21H17BrN4O3/c1-13-9-14(2)26(24-13)18-6-3-15(4-7-18)21(28)29-12-17-10-20(27)25-11-16(22)5-8-19(25)23-17/h3-11H,12H2,1-2H3. The minimum absolute atomic E-state index is 0.0835. The number of esters is 1. The Balaban J connectivity index is 1.48. The van der Waals surface area contributed by atoms with Crippen LogP contribution in [0.25, 0.3) is 11.3 Å². The Hall–Kier alpha value is -3.26. The highest BCUT2D eigenvalue weighted by Crippen LogP contribution is 2.14. The molecule has 3 heterocycles. The number of hydrogen-bond donors (Lipinski definition) is 0. The number of hydrogen-bond acceptors (Lipinski definition) is 5. The Morgan fingerprint density at radius 2 is 1.86 bits per heavy atom. The van der Waals surface area contributed by atoms with Gasteiger partial charge in [-0.3, -0.25) is 9.20 Å². The highest BCUT2D eigenvalue weighted by atomic mass is 79.9. The van der Waals surface area contributed by atoms with E-state index in [1.54, 1.807) is 30.5 Å². The maximum absolute atomic E-state index is 12.4. The van der Waals surface area contributed by atoms with E-state index in [0.29, 0.717) is 16.9 Å². The summed E-state index contributed by atoms with van der Waals surface area (Å²) in [7, 11) is 0. The van der Waals surface area contributed by atoms with Crippen molar-refractivity contribution in [2.45, 2.75) is 20.5 Å². The Labute approximate surface area is 174 Å². The van der Waals surface area contributed by atoms with E-state index in [4.69, 9.17) is 4.74 Å². The maximum Gasteiger partial charge on any atom is 0.338 e. The first-order chi connectivity index (χ1) is 13.9. The molecule has 0 spiro atoms. The van der Waals surface area contributed by atoms with Gasteiger partial charge in [-0.25, -0.2) is 14.5 Å². The zero-order chi connectivity index (χ0) is 20.5. The van der Waals surface area contributed by atoms with Gasteiger partial charge in [0.15, 0.2) is 0 Å². The van der Waals surface area contributed by atoms with Gasteiger partial charge in [-0.2, -0.15) is 5.10 Å². The summed E-state index contributed by atoms with van der Waals surface area (Å²) in [6.07, 6.45) is 1.64. The molecule has 0 atom stereocenters. The van der Waals surface area contributed by atoms with Crippen LogP contribution in [0.15, 0.2) is 64.0 Å². The molecule has 0 unspecified atom stereocenters. The average Bonchev–Trinajstić information content (AvgIpc) is 3.05. The molecule has 4 rings (SSSR count). The van der Waals surface area contributed by atoms with E-state index >= 15 is 0 Å². The fraction of sp³-hybridized carbons (Fsp3) is 0.143. The molecular weight excluding hydrogens is 436 g/mol. The third kappa shape index (κ3) is 3.97. The normalized spacial score (nSPS) is 11.0. The molecule has 0 aliphatic carbocycles. The van der Waals surface area contributed by atoms with Crippen molar-refractivity contribution >= 4 is 27.5 Å². The first-order valence-electron chi connectivity index (χ1n) is 8.89. The Kier molecular flexibility index (Phi) is 5.02. The van der Waals surface area contributed by atoms with Crippen LogP contribution in [0.3, 0.4) is 0 Å². The summed E-state index contributed by atoms with van der Waals surface area (Å²) in [4.78, 5) is 29.0. The van der Waals surface area contributed by atoms with E-state index in [0.717, 1.165) is 21.5 Å². The van der Waals surface area contributed by atoms with Crippen molar-refractivity contribution in [3.8, 4) is 5.69 Å². The van der Waals surface area contributed by atoms with Crippen molar-refractivity contribution in [1.29, 1.82) is 0 Å². The molecule has 1 aromatic carbocycles. The number of carbonyl (C=O) groups excluding carboxylic acids is 1. The zero-order valence-corrected chi connectivity index (χ0v) is 17.4. The van der Waals surface area contributed by atoms with Crippen LogP contribution in [0, 0.1) is 13.8 Å². The van der Waals surface area contributed by atoms with Gasteiger partial charge in [0, 0.05) is 22.4 Å². The summed E-state index contributed by atoms with van der Waals surface area (Å²) in [5, 5.41) is 4.43. The first kappa shape index (κ1) is 19.1. The molecule has 29 heavy (non-hydrogen) atoms. The lowest BCUT2D eigenvalue weighted by Gasteiger charge is -2.08. The van der Waals surface area contributed by atoms with Gasteiger partial charge < -0.3 is 4.74 Å². The van der Waals surface area contributed by atoms with E-state index in [1.807, 2.05) is 36.7 Å². The number of carbonyl (C=O) groups is 1. The third-order valence-corrected chi connectivity index (χ3v) is 4.85. The Morgan fingerprint density at radius 3 is 2.55 bits per heavy atom. The molecule has 0 saturated heterocycles. The number of ether oxygens (including phenoxy) is 1. The Morgan fingerprint density at radius 1 is 1.10 bits per heavy atom. The fourth-order valence-corrected chi connectivity index (χ4v) is 3.39. The van der Waals surface area contributed by atoms with Gasteiger partial charge >= 0.3 is 5.97 Å². The van der Waals surface area contributed by atoms with Gasteiger partial charge in [0.05, 0.1) is 22.6 Å². The van der Waals surface area contributed by atoms with Crippen LogP contribution in [0.5, 0.6) is 0 Å². The predicted molar refractivity (Wildman–Crippen MR) is 111 cm³/mol. The van der Waals surface area contributed by atoms with E-state index in [-0.39, 0.29) is 12.2 Å². The second-order valence-corrected chi connectivity index (χ2v) is 7.54. The van der Waals surface area contributed by atoms with Gasteiger partial charge in [-0.05, 0) is 72.2 Å². The smallest absolute Gasteiger partial charge is 0.338 e. The van der Waals surface area contributed by atoms with Crippen LogP contribution >= 0.6 is 15.9 Å². The van der Waals surface area contributed by atoms with Gasteiger partial charge in [0.1, 0.15) is 12.3 Å². The lowest BCUT2D eigenvalue weighted by molar-refractivity contribution is 0.0467. The molecule has 0 radical (unpaired) electrons. The minimum Gasteiger partial charge on any atom is -0.456 e. The van der Waals surface area contributed by atoms with Crippen molar-refractivity contribution < 1.29 is 9.53 Å². The second kappa shape index (κ2) is 7.63. The quantitative estimate of drug-likeness (QED) is 0.441. The lowest BCUT2D eigenvalue weighted by atomic mass is 10.2. The van der Waals surface area contributed by atoms with Crippen molar-refractivity contribution in [1.82, 2.24) is 19.2 Å². The number of rotatable bonds is 4. The number of nitrogens with zero attached hydrogens (tertiary/aromatic N) is 4. The molecule has 0 bridgehead atoms. The van der Waals surface area contributed by atoms with Crippen molar-refractivity contribution in [3.63, 3.8) is 0 Å². The molecule has 8 heteroatoms. The van der Waals surface area contributed by atoms with Crippen LogP contribution in [-0.2, 0) is 11.3 Å². The largest absolute Gasteiger partial charge is 0.456 e. The van der Waals surface area contributed by atoms with Crippen LogP contribution in [0.4, 0.5) is 0 Å². The molecule has 0 saturated carbocycles. The van der Waals surface area contributed by atoms with Crippen molar-refractivity contribution in [2.24, 2.45) is 0 Å². The summed E-state index contributed by atoms with van der Waals surface area (Å²) < 4.78 is 9.35. The van der Waals surface area contributed by atoms with Gasteiger partial charge in [0.25, 0.3) is 5.56 Å². The summed E-state index contributed by atoms with van der Waals surface area (Å²) >= 11 is 3.32. The molecule has 0 N–H and O–H groups in total. The molecule has 7 nitrogen and oxygen atoms in total. The summed E-state index contributed by atoms with van der Waals surface area (Å²) in [6.45, 7) is 3.82. The lowest BCUT2D eigenvalue weighted by Crippen LogP contribution is -2.16. The van der Waals surface area contributed by atoms with Crippen LogP contribution < -0.4 is 5.56 Å². The molecule has 0 aliphatic rings. The van der Waals surface area contributed by atoms with Gasteiger partial charge in [0.2, 0.25) is 0 Å². The summed E-state index contributed by atoms with van der Waals surface area (Å²) in [5.74, 6) is -0.484. The zero-order valence-electron chi connectivity index (χ0n) is 15.8. The van der Waals surface area contributed by atoms with Crippen LogP contribution in [-0.4, -0.2) is 25.1 Å². The molecule has 0 aliphatic heterocycles. The molecule has 146 valence electrons. The molecule has 0 amide bonds. The van der Waals surface area contributed by atoms with Crippen molar-refractivity contribution in [3.05, 3.63) is 92.2 Å². The number of aryl methyl sites for hydroxylation is 2. The first-order valence-corrected chi connectivity index (χ1v) is 9.69. The number of benzene rings is 1. The average molecular weight is 453 g/mol. The highest BCUT2D eigenvalue weighted by molar-refractivity contribution is 9.10. The number of fused-ring (bicyclic) bond motifs is 1. The van der Waals surface area contributed by atoms with Crippen LogP contribution in [0.2, 0.25) is 0 Å². The van der Waals surface area contributed by atoms with E-state index in [9.17, 15) is 9.59 Å². The Bertz CT molecular complexity index is 1280. The van der Waals surface area contributed by atoms with Gasteiger partial charge in [-0.15, -0.1) is 0 Å². The topological polar surface area (TPSA) is 78.5 Å². The van der Waals surface area contributed by atoms with E-state index in [2.05, 4.69) is 26.0 Å².